The van der Waals surface area contributed by atoms with Crippen molar-refractivity contribution in [2.24, 2.45) is 0 Å². The zero-order valence-corrected chi connectivity index (χ0v) is 11.6. The molecule has 0 saturated heterocycles. The summed E-state index contributed by atoms with van der Waals surface area (Å²) < 4.78 is 0. The average molecular weight is 252 g/mol. The molecule has 0 amide bonds. The van der Waals surface area contributed by atoms with Crippen LogP contribution < -0.4 is 5.32 Å². The van der Waals surface area contributed by atoms with Crippen molar-refractivity contribution in [2.75, 3.05) is 12.4 Å². The second-order valence-electron chi connectivity index (χ2n) is 4.58. The fourth-order valence-corrected chi connectivity index (χ4v) is 1.95. The molecule has 1 heterocycles. The summed E-state index contributed by atoms with van der Waals surface area (Å²) in [6, 6.07) is 7.89. The van der Waals surface area contributed by atoms with E-state index in [-0.39, 0.29) is 0 Å². The van der Waals surface area contributed by atoms with Gasteiger partial charge in [0.25, 0.3) is 0 Å². The van der Waals surface area contributed by atoms with Gasteiger partial charge in [-0.3, -0.25) is 0 Å². The second-order valence-corrected chi connectivity index (χ2v) is 4.58. The first kappa shape index (κ1) is 13.0. The van der Waals surface area contributed by atoms with Gasteiger partial charge < -0.3 is 5.32 Å². The zero-order valence-electron chi connectivity index (χ0n) is 11.6. The predicted molar refractivity (Wildman–Crippen MR) is 75.9 cm³/mol. The van der Waals surface area contributed by atoms with Crippen LogP contribution in [-0.4, -0.2) is 17.0 Å². The summed E-state index contributed by atoms with van der Waals surface area (Å²) in [6.45, 7) is 6.17. The Labute approximate surface area is 113 Å². The Balaban J connectivity index is 2.65. The minimum Gasteiger partial charge on any atom is -0.373 e. The minimum absolute atomic E-state index is 0.368. The van der Waals surface area contributed by atoms with E-state index in [1.165, 1.54) is 11.1 Å². The molecule has 0 aliphatic rings. The number of anilines is 1. The molecule has 19 heavy (non-hydrogen) atoms. The molecule has 2 rings (SSSR count). The van der Waals surface area contributed by atoms with Crippen molar-refractivity contribution in [3.8, 4) is 17.5 Å². The van der Waals surface area contributed by atoms with E-state index >= 15 is 0 Å². The van der Waals surface area contributed by atoms with Crippen LogP contribution in [0.5, 0.6) is 0 Å². The summed E-state index contributed by atoms with van der Waals surface area (Å²) >= 11 is 0. The first-order valence-corrected chi connectivity index (χ1v) is 6.10. The van der Waals surface area contributed by atoms with Gasteiger partial charge in [-0.2, -0.15) is 5.26 Å². The van der Waals surface area contributed by atoms with Gasteiger partial charge in [-0.15, -0.1) is 0 Å². The predicted octanol–water partition coefficient (Wildman–Crippen LogP) is 2.98. The lowest BCUT2D eigenvalue weighted by atomic mass is 10.0. The second kappa shape index (κ2) is 5.07. The molecule has 1 N–H and O–H groups in total. The molecule has 0 fully saturated rings. The molecule has 0 saturated carbocycles. The molecule has 0 aliphatic carbocycles. The molecule has 0 unspecified atom stereocenters. The van der Waals surface area contributed by atoms with E-state index in [4.69, 9.17) is 5.26 Å². The van der Waals surface area contributed by atoms with Crippen molar-refractivity contribution in [1.82, 2.24) is 9.97 Å². The fourth-order valence-electron chi connectivity index (χ4n) is 1.95. The lowest BCUT2D eigenvalue weighted by Crippen LogP contribution is -2.00. The number of aryl methyl sites for hydroxylation is 3. The number of nitriles is 1. The molecule has 0 aliphatic heterocycles. The summed E-state index contributed by atoms with van der Waals surface area (Å²) in [7, 11) is 1.78. The third-order valence-corrected chi connectivity index (χ3v) is 3.18. The molecular weight excluding hydrogens is 236 g/mol. The normalized spacial score (nSPS) is 10.1. The van der Waals surface area contributed by atoms with Gasteiger partial charge in [0.1, 0.15) is 17.6 Å². The van der Waals surface area contributed by atoms with Gasteiger partial charge in [-0.05, 0) is 43.5 Å². The number of rotatable bonds is 2. The highest BCUT2D eigenvalue weighted by molar-refractivity contribution is 5.64. The van der Waals surface area contributed by atoms with Crippen LogP contribution in [0.1, 0.15) is 22.4 Å². The van der Waals surface area contributed by atoms with Crippen molar-refractivity contribution >= 4 is 5.82 Å². The van der Waals surface area contributed by atoms with E-state index in [9.17, 15) is 0 Å². The van der Waals surface area contributed by atoms with Gasteiger partial charge in [-0.25, -0.2) is 9.97 Å². The van der Waals surface area contributed by atoms with Crippen molar-refractivity contribution < 1.29 is 0 Å². The fraction of sp³-hybridized carbons (Fsp3) is 0.267. The third kappa shape index (κ3) is 2.55. The molecule has 1 aromatic carbocycles. The van der Waals surface area contributed by atoms with Crippen LogP contribution in [0.4, 0.5) is 5.82 Å². The van der Waals surface area contributed by atoms with Crippen LogP contribution in [-0.2, 0) is 0 Å². The van der Waals surface area contributed by atoms with Crippen LogP contribution in [0, 0.1) is 32.1 Å². The van der Waals surface area contributed by atoms with Crippen LogP contribution in [0.3, 0.4) is 0 Å². The zero-order chi connectivity index (χ0) is 14.0. The number of hydrogen-bond donors (Lipinski definition) is 1. The highest BCUT2D eigenvalue weighted by atomic mass is 15.0. The molecule has 0 spiro atoms. The minimum atomic E-state index is 0.368. The Hall–Kier alpha value is -2.41. The number of benzene rings is 1. The van der Waals surface area contributed by atoms with E-state index in [1.807, 2.05) is 6.92 Å². The van der Waals surface area contributed by atoms with Gasteiger partial charge in [0.2, 0.25) is 0 Å². The topological polar surface area (TPSA) is 61.6 Å². The maximum absolute atomic E-state index is 9.03. The maximum Gasteiger partial charge on any atom is 0.163 e. The molecule has 0 bridgehead atoms. The average Bonchev–Trinajstić information content (AvgIpc) is 2.42. The molecule has 96 valence electrons. The molecule has 0 radical (unpaired) electrons. The number of hydrogen-bond acceptors (Lipinski definition) is 4. The van der Waals surface area contributed by atoms with Crippen LogP contribution in [0.25, 0.3) is 11.4 Å². The smallest absolute Gasteiger partial charge is 0.163 e. The van der Waals surface area contributed by atoms with Gasteiger partial charge in [0, 0.05) is 18.7 Å². The Bertz CT molecular complexity index is 669. The number of nitrogens with zero attached hydrogens (tertiary/aromatic N) is 3. The maximum atomic E-state index is 9.03. The molecule has 2 aromatic rings. The van der Waals surface area contributed by atoms with Crippen molar-refractivity contribution in [3.63, 3.8) is 0 Å². The Kier molecular flexibility index (Phi) is 3.48. The quantitative estimate of drug-likeness (QED) is 0.892. The summed E-state index contributed by atoms with van der Waals surface area (Å²) in [5, 5.41) is 12.0. The highest BCUT2D eigenvalue weighted by Gasteiger charge is 2.10. The lowest BCUT2D eigenvalue weighted by molar-refractivity contribution is 1.13. The third-order valence-electron chi connectivity index (χ3n) is 3.18. The van der Waals surface area contributed by atoms with Gasteiger partial charge in [0.15, 0.2) is 5.82 Å². The van der Waals surface area contributed by atoms with Crippen LogP contribution in [0.15, 0.2) is 18.2 Å². The first-order valence-electron chi connectivity index (χ1n) is 6.10. The van der Waals surface area contributed by atoms with Gasteiger partial charge in [-0.1, -0.05) is 6.07 Å². The van der Waals surface area contributed by atoms with E-state index in [1.54, 1.807) is 13.1 Å². The van der Waals surface area contributed by atoms with E-state index in [2.05, 4.69) is 47.3 Å². The largest absolute Gasteiger partial charge is 0.373 e. The van der Waals surface area contributed by atoms with E-state index < -0.39 is 0 Å². The number of aromatic nitrogens is 2. The Morgan fingerprint density at radius 1 is 1.00 bits per heavy atom. The standard InChI is InChI=1S/C15H16N4/c1-9-5-11(3)13(6-10(9)2)15-18-12(8-16)7-14(17-4)19-15/h5-7H,1-4H3,(H,17,18,19). The van der Waals surface area contributed by atoms with E-state index in [0.717, 1.165) is 11.1 Å². The van der Waals surface area contributed by atoms with Gasteiger partial charge >= 0.3 is 0 Å². The van der Waals surface area contributed by atoms with Crippen molar-refractivity contribution in [3.05, 3.63) is 40.6 Å². The van der Waals surface area contributed by atoms with Crippen LogP contribution >= 0.6 is 0 Å². The van der Waals surface area contributed by atoms with Crippen molar-refractivity contribution in [1.29, 1.82) is 5.26 Å². The summed E-state index contributed by atoms with van der Waals surface area (Å²) in [5.74, 6) is 1.24. The first-order chi connectivity index (χ1) is 9.05. The molecule has 1 aromatic heterocycles. The number of nitrogens with one attached hydrogen (secondary N) is 1. The summed E-state index contributed by atoms with van der Waals surface area (Å²) in [5.41, 5.74) is 4.88. The molecule has 0 atom stereocenters. The molecule has 4 nitrogen and oxygen atoms in total. The summed E-state index contributed by atoms with van der Waals surface area (Å²) in [6.07, 6.45) is 0. The Morgan fingerprint density at radius 3 is 2.32 bits per heavy atom. The molecular formula is C15H16N4. The molecule has 4 heteroatoms. The summed E-state index contributed by atoms with van der Waals surface area (Å²) in [4.78, 5) is 8.72. The van der Waals surface area contributed by atoms with Crippen molar-refractivity contribution in [2.45, 2.75) is 20.8 Å². The lowest BCUT2D eigenvalue weighted by Gasteiger charge is -2.10. The SMILES string of the molecule is CNc1cc(C#N)nc(-c2cc(C)c(C)cc2C)n1. The van der Waals surface area contributed by atoms with Gasteiger partial charge in [0.05, 0.1) is 0 Å². The van der Waals surface area contributed by atoms with Crippen LogP contribution in [0.2, 0.25) is 0 Å². The highest BCUT2D eigenvalue weighted by Crippen LogP contribution is 2.24. The Morgan fingerprint density at radius 2 is 1.68 bits per heavy atom. The monoisotopic (exact) mass is 252 g/mol. The van der Waals surface area contributed by atoms with E-state index in [0.29, 0.717) is 17.3 Å².